The summed E-state index contributed by atoms with van der Waals surface area (Å²) in [6.07, 6.45) is 0.359. The van der Waals surface area contributed by atoms with Crippen molar-refractivity contribution in [3.63, 3.8) is 0 Å². The molecule has 4 heteroatoms. The maximum absolute atomic E-state index is 9.15. The SMILES string of the molecule is COc1ccc(N(c2ccc(OC)cc2)c2ccc(-c3[c]cccc3CC#N)cc2)cc1. The predicted octanol–water partition coefficient (Wildman–Crippen LogP) is 6.71. The summed E-state index contributed by atoms with van der Waals surface area (Å²) in [5, 5.41) is 9.15. The first-order chi connectivity index (χ1) is 15.7. The van der Waals surface area contributed by atoms with Crippen LogP contribution in [0.1, 0.15) is 5.56 Å². The summed E-state index contributed by atoms with van der Waals surface area (Å²) >= 11 is 0. The number of nitrogens with zero attached hydrogens (tertiary/aromatic N) is 2. The Labute approximate surface area is 188 Å². The molecule has 0 aliphatic heterocycles. The van der Waals surface area contributed by atoms with Crippen molar-refractivity contribution in [2.75, 3.05) is 19.1 Å². The van der Waals surface area contributed by atoms with E-state index in [0.717, 1.165) is 45.3 Å². The minimum absolute atomic E-state index is 0.359. The third-order valence-corrected chi connectivity index (χ3v) is 5.29. The van der Waals surface area contributed by atoms with Gasteiger partial charge >= 0.3 is 0 Å². The molecule has 4 nitrogen and oxygen atoms in total. The lowest BCUT2D eigenvalue weighted by molar-refractivity contribution is 0.415. The van der Waals surface area contributed by atoms with Gasteiger partial charge < -0.3 is 14.4 Å². The third kappa shape index (κ3) is 4.43. The summed E-state index contributed by atoms with van der Waals surface area (Å²) in [6.45, 7) is 0. The molecule has 4 aromatic carbocycles. The molecule has 1 radical (unpaired) electrons. The van der Waals surface area contributed by atoms with Crippen LogP contribution in [0.2, 0.25) is 0 Å². The van der Waals surface area contributed by atoms with Crippen molar-refractivity contribution >= 4 is 17.1 Å². The number of hydrogen-bond acceptors (Lipinski definition) is 4. The van der Waals surface area contributed by atoms with E-state index in [-0.39, 0.29) is 0 Å². The van der Waals surface area contributed by atoms with Crippen LogP contribution in [0.5, 0.6) is 11.5 Å². The molecule has 0 atom stereocenters. The van der Waals surface area contributed by atoms with Crippen LogP contribution >= 0.6 is 0 Å². The van der Waals surface area contributed by atoms with Crippen LogP contribution in [0.15, 0.2) is 91.0 Å². The normalized spacial score (nSPS) is 10.3. The molecule has 0 saturated heterocycles. The van der Waals surface area contributed by atoms with Gasteiger partial charge in [-0.25, -0.2) is 0 Å². The molecule has 0 saturated carbocycles. The number of nitriles is 1. The quantitative estimate of drug-likeness (QED) is 0.334. The van der Waals surface area contributed by atoms with E-state index in [4.69, 9.17) is 14.7 Å². The number of benzene rings is 4. The average Bonchev–Trinajstić information content (AvgIpc) is 2.86. The van der Waals surface area contributed by atoms with Crippen molar-refractivity contribution < 1.29 is 9.47 Å². The Hall–Kier alpha value is -4.23. The second kappa shape index (κ2) is 9.72. The summed E-state index contributed by atoms with van der Waals surface area (Å²) in [5.41, 5.74) is 6.01. The van der Waals surface area contributed by atoms with E-state index < -0.39 is 0 Å². The van der Waals surface area contributed by atoms with Gasteiger partial charge in [-0.3, -0.25) is 0 Å². The smallest absolute Gasteiger partial charge is 0.119 e. The predicted molar refractivity (Wildman–Crippen MR) is 128 cm³/mol. The van der Waals surface area contributed by atoms with E-state index in [1.54, 1.807) is 14.2 Å². The molecule has 4 aromatic rings. The van der Waals surface area contributed by atoms with Crippen LogP contribution in [0.4, 0.5) is 17.1 Å². The lowest BCUT2D eigenvalue weighted by Gasteiger charge is -2.26. The highest BCUT2D eigenvalue weighted by molar-refractivity contribution is 5.79. The minimum Gasteiger partial charge on any atom is -0.497 e. The van der Waals surface area contributed by atoms with Crippen LogP contribution in [0, 0.1) is 17.4 Å². The second-order valence-corrected chi connectivity index (χ2v) is 7.18. The zero-order valence-corrected chi connectivity index (χ0v) is 18.1. The summed E-state index contributed by atoms with van der Waals surface area (Å²) in [5.74, 6) is 1.62. The van der Waals surface area contributed by atoms with E-state index in [1.807, 2.05) is 66.7 Å². The van der Waals surface area contributed by atoms with Crippen molar-refractivity contribution in [1.82, 2.24) is 0 Å². The number of methoxy groups -OCH3 is 2. The van der Waals surface area contributed by atoms with Crippen molar-refractivity contribution in [3.05, 3.63) is 103 Å². The van der Waals surface area contributed by atoms with Crippen LogP contribution in [0.3, 0.4) is 0 Å². The third-order valence-electron chi connectivity index (χ3n) is 5.29. The van der Waals surface area contributed by atoms with E-state index in [2.05, 4.69) is 41.3 Å². The van der Waals surface area contributed by atoms with Gasteiger partial charge in [0.2, 0.25) is 0 Å². The van der Waals surface area contributed by atoms with Gasteiger partial charge in [-0.15, -0.1) is 0 Å². The molecule has 0 heterocycles. The molecule has 0 N–H and O–H groups in total. The lowest BCUT2D eigenvalue weighted by atomic mass is 9.98. The van der Waals surface area contributed by atoms with E-state index >= 15 is 0 Å². The molecule has 4 rings (SSSR count). The molecule has 0 aromatic heterocycles. The monoisotopic (exact) mass is 419 g/mol. The van der Waals surface area contributed by atoms with Gasteiger partial charge in [-0.05, 0) is 83.4 Å². The van der Waals surface area contributed by atoms with Crippen molar-refractivity contribution in [3.8, 4) is 28.7 Å². The molecule has 0 aliphatic carbocycles. The van der Waals surface area contributed by atoms with Gasteiger partial charge in [0.25, 0.3) is 0 Å². The highest BCUT2D eigenvalue weighted by Gasteiger charge is 2.14. The second-order valence-electron chi connectivity index (χ2n) is 7.18. The first kappa shape index (κ1) is 21.0. The molecule has 0 unspecified atom stereocenters. The lowest BCUT2D eigenvalue weighted by Crippen LogP contribution is -2.09. The zero-order chi connectivity index (χ0) is 22.3. The molecule has 157 valence electrons. The standard InChI is InChI=1S/C28H23N2O2/c1-31-26-15-11-24(12-16-26)30(25-13-17-27(32-2)18-14-25)23-9-7-22(8-10-23)28-6-4-3-5-21(28)19-20-29/h3-5,7-18H,19H2,1-2H3. The minimum atomic E-state index is 0.359. The first-order valence-corrected chi connectivity index (χ1v) is 10.3. The fourth-order valence-corrected chi connectivity index (χ4v) is 3.66. The molecular weight excluding hydrogens is 396 g/mol. The molecule has 0 amide bonds. The van der Waals surface area contributed by atoms with Crippen LogP contribution in [-0.4, -0.2) is 14.2 Å². The Morgan fingerprint density at radius 1 is 0.750 bits per heavy atom. The number of hydrogen-bond donors (Lipinski definition) is 0. The molecule has 32 heavy (non-hydrogen) atoms. The molecule has 0 aliphatic rings. The summed E-state index contributed by atoms with van der Waals surface area (Å²) in [7, 11) is 3.33. The first-order valence-electron chi connectivity index (χ1n) is 10.3. The van der Waals surface area contributed by atoms with E-state index in [0.29, 0.717) is 6.42 Å². The highest BCUT2D eigenvalue weighted by Crippen LogP contribution is 2.37. The topological polar surface area (TPSA) is 45.5 Å². The summed E-state index contributed by atoms with van der Waals surface area (Å²) < 4.78 is 10.6. The Balaban J connectivity index is 1.75. The summed E-state index contributed by atoms with van der Waals surface area (Å²) in [4.78, 5) is 2.17. The van der Waals surface area contributed by atoms with E-state index in [1.165, 1.54) is 0 Å². The van der Waals surface area contributed by atoms with Gasteiger partial charge in [0, 0.05) is 17.1 Å². The number of rotatable bonds is 7. The van der Waals surface area contributed by atoms with E-state index in [9.17, 15) is 0 Å². The maximum atomic E-state index is 9.15. The van der Waals surface area contributed by atoms with Gasteiger partial charge in [0.1, 0.15) is 11.5 Å². The van der Waals surface area contributed by atoms with Gasteiger partial charge in [0.05, 0.1) is 26.7 Å². The fraction of sp³-hybridized carbons (Fsp3) is 0.107. The number of anilines is 3. The average molecular weight is 420 g/mol. The van der Waals surface area contributed by atoms with Crippen molar-refractivity contribution in [2.45, 2.75) is 6.42 Å². The van der Waals surface area contributed by atoms with Crippen molar-refractivity contribution in [2.24, 2.45) is 0 Å². The maximum Gasteiger partial charge on any atom is 0.119 e. The number of ether oxygens (including phenoxy) is 2. The summed E-state index contributed by atoms with van der Waals surface area (Å²) in [6, 6.07) is 35.5. The Morgan fingerprint density at radius 3 is 1.72 bits per heavy atom. The van der Waals surface area contributed by atoms with Crippen LogP contribution in [-0.2, 0) is 6.42 Å². The van der Waals surface area contributed by atoms with Gasteiger partial charge in [-0.1, -0.05) is 30.3 Å². The zero-order valence-electron chi connectivity index (χ0n) is 18.1. The Kier molecular flexibility index (Phi) is 6.38. The fourth-order valence-electron chi connectivity index (χ4n) is 3.66. The molecule has 0 bridgehead atoms. The Morgan fingerprint density at radius 2 is 1.25 bits per heavy atom. The van der Waals surface area contributed by atoms with Crippen molar-refractivity contribution in [1.29, 1.82) is 5.26 Å². The highest BCUT2D eigenvalue weighted by atomic mass is 16.5. The Bertz CT molecular complexity index is 1160. The largest absolute Gasteiger partial charge is 0.497 e. The van der Waals surface area contributed by atoms with Crippen LogP contribution in [0.25, 0.3) is 11.1 Å². The molecule has 0 spiro atoms. The molecular formula is C28H23N2O2. The van der Waals surface area contributed by atoms with Gasteiger partial charge in [-0.2, -0.15) is 5.26 Å². The van der Waals surface area contributed by atoms with Crippen LogP contribution < -0.4 is 14.4 Å². The molecule has 0 fully saturated rings. The van der Waals surface area contributed by atoms with Gasteiger partial charge in [0.15, 0.2) is 0 Å².